The molecule has 2 amide bonds. The van der Waals surface area contributed by atoms with Crippen molar-refractivity contribution in [3.8, 4) is 0 Å². The highest BCUT2D eigenvalue weighted by molar-refractivity contribution is 5.94. The first-order valence-corrected chi connectivity index (χ1v) is 9.64. The first-order chi connectivity index (χ1) is 13.1. The Morgan fingerprint density at radius 3 is 2.54 bits per heavy atom. The summed E-state index contributed by atoms with van der Waals surface area (Å²) in [7, 11) is 0. The zero-order valence-corrected chi connectivity index (χ0v) is 16.9. The molecule has 1 aromatic rings. The lowest BCUT2D eigenvalue weighted by Gasteiger charge is -2.32. The Hall–Kier alpha value is -2.22. The van der Waals surface area contributed by atoms with E-state index in [1.807, 2.05) is 20.8 Å². The number of hydrogen-bond donors (Lipinski definition) is 3. The van der Waals surface area contributed by atoms with Crippen LogP contribution < -0.4 is 10.6 Å². The molecule has 0 spiro atoms. The minimum absolute atomic E-state index is 0.0275. The molecule has 1 saturated carbocycles. The van der Waals surface area contributed by atoms with E-state index in [9.17, 15) is 19.1 Å². The van der Waals surface area contributed by atoms with Crippen LogP contribution in [0.3, 0.4) is 0 Å². The number of hydrogen-bond acceptors (Lipinski definition) is 5. The molecule has 3 N–H and O–H groups in total. The lowest BCUT2D eigenvalue weighted by Crippen LogP contribution is -2.47. The molecule has 28 heavy (non-hydrogen) atoms. The van der Waals surface area contributed by atoms with Crippen molar-refractivity contribution in [2.45, 2.75) is 71.6 Å². The number of carbonyl (C=O) groups excluding carboxylic acids is 2. The number of aliphatic hydroxyl groups is 1. The number of aromatic nitrogens is 1. The van der Waals surface area contributed by atoms with Crippen molar-refractivity contribution in [3.63, 3.8) is 0 Å². The van der Waals surface area contributed by atoms with Crippen LogP contribution in [-0.4, -0.2) is 33.7 Å². The lowest BCUT2D eigenvalue weighted by molar-refractivity contribution is -0.128. The van der Waals surface area contributed by atoms with E-state index in [-0.39, 0.29) is 17.3 Å². The zero-order valence-electron chi connectivity index (χ0n) is 16.9. The zero-order chi connectivity index (χ0) is 20.9. The standard InChI is InChI=1S/C20H30FN3O4/c1-12-5-7-13(8-6-12)17(28-19(27)24-20(2,3)4)18(26)23-16-9-14(11-25)15(21)10-22-16/h9-10,12-13,17,25H,5-8,11H2,1-4H3,(H,24,27)(H,22,23,26). The van der Waals surface area contributed by atoms with Gasteiger partial charge >= 0.3 is 6.09 Å². The van der Waals surface area contributed by atoms with Gasteiger partial charge in [0, 0.05) is 17.0 Å². The van der Waals surface area contributed by atoms with E-state index in [0.29, 0.717) is 5.92 Å². The summed E-state index contributed by atoms with van der Waals surface area (Å²) < 4.78 is 19.0. The first-order valence-electron chi connectivity index (χ1n) is 9.64. The molecule has 1 atom stereocenters. The van der Waals surface area contributed by atoms with E-state index in [1.165, 1.54) is 6.07 Å². The summed E-state index contributed by atoms with van der Waals surface area (Å²) in [5.41, 5.74) is -0.465. The van der Waals surface area contributed by atoms with Gasteiger partial charge in [-0.3, -0.25) is 4.79 Å². The lowest BCUT2D eigenvalue weighted by atomic mass is 9.80. The molecule has 2 rings (SSSR count). The fourth-order valence-corrected chi connectivity index (χ4v) is 3.27. The topological polar surface area (TPSA) is 101 Å². The van der Waals surface area contributed by atoms with Crippen molar-refractivity contribution in [2.24, 2.45) is 11.8 Å². The number of carbonyl (C=O) groups is 2. The molecule has 1 heterocycles. The highest BCUT2D eigenvalue weighted by Crippen LogP contribution is 2.32. The number of aliphatic hydroxyl groups excluding tert-OH is 1. The largest absolute Gasteiger partial charge is 0.436 e. The number of amides is 2. The van der Waals surface area contributed by atoms with Gasteiger partial charge in [0.15, 0.2) is 6.10 Å². The van der Waals surface area contributed by atoms with E-state index in [1.54, 1.807) is 0 Å². The van der Waals surface area contributed by atoms with E-state index in [4.69, 9.17) is 4.74 Å². The maximum atomic E-state index is 13.5. The molecule has 156 valence electrons. The fraction of sp³-hybridized carbons (Fsp3) is 0.650. The van der Waals surface area contributed by atoms with Gasteiger partial charge in [0.2, 0.25) is 0 Å². The second-order valence-corrected chi connectivity index (χ2v) is 8.53. The van der Waals surface area contributed by atoms with Gasteiger partial charge in [-0.25, -0.2) is 14.2 Å². The predicted octanol–water partition coefficient (Wildman–Crippen LogP) is 3.37. The van der Waals surface area contributed by atoms with Crippen LogP contribution in [0.15, 0.2) is 12.3 Å². The third-order valence-electron chi connectivity index (χ3n) is 4.81. The van der Waals surface area contributed by atoms with Crippen molar-refractivity contribution in [1.82, 2.24) is 10.3 Å². The third-order valence-corrected chi connectivity index (χ3v) is 4.81. The van der Waals surface area contributed by atoms with Gasteiger partial charge in [0.1, 0.15) is 11.6 Å². The van der Waals surface area contributed by atoms with Crippen molar-refractivity contribution in [3.05, 3.63) is 23.6 Å². The number of pyridine rings is 1. The summed E-state index contributed by atoms with van der Waals surface area (Å²) in [6.07, 6.45) is 2.78. The minimum Gasteiger partial charge on any atom is -0.436 e. The molecule has 1 aromatic heterocycles. The van der Waals surface area contributed by atoms with Crippen molar-refractivity contribution >= 4 is 17.8 Å². The number of nitrogens with one attached hydrogen (secondary N) is 2. The maximum absolute atomic E-state index is 13.5. The molecule has 1 unspecified atom stereocenters. The molecule has 0 aliphatic heterocycles. The van der Waals surface area contributed by atoms with Crippen LogP contribution in [0.25, 0.3) is 0 Å². The molecule has 0 saturated heterocycles. The van der Waals surface area contributed by atoms with Crippen LogP contribution in [0.5, 0.6) is 0 Å². The molecule has 1 aliphatic carbocycles. The van der Waals surface area contributed by atoms with Crippen LogP contribution in [0, 0.1) is 17.7 Å². The quantitative estimate of drug-likeness (QED) is 0.710. The molecule has 8 heteroatoms. The molecule has 7 nitrogen and oxygen atoms in total. The summed E-state index contributed by atoms with van der Waals surface area (Å²) in [6, 6.07) is 1.27. The molecule has 1 fully saturated rings. The summed E-state index contributed by atoms with van der Waals surface area (Å²) in [5.74, 6) is -0.580. The molecular formula is C20H30FN3O4. The summed E-state index contributed by atoms with van der Waals surface area (Å²) in [5, 5.41) is 14.5. The van der Waals surface area contributed by atoms with Crippen LogP contribution in [-0.2, 0) is 16.1 Å². The monoisotopic (exact) mass is 395 g/mol. The van der Waals surface area contributed by atoms with Gasteiger partial charge in [0.25, 0.3) is 5.91 Å². The second-order valence-electron chi connectivity index (χ2n) is 8.53. The Bertz CT molecular complexity index is 697. The number of halogens is 1. The van der Waals surface area contributed by atoms with E-state index >= 15 is 0 Å². The highest BCUT2D eigenvalue weighted by atomic mass is 19.1. The summed E-state index contributed by atoms with van der Waals surface area (Å²) >= 11 is 0. The number of rotatable bonds is 5. The van der Waals surface area contributed by atoms with Crippen LogP contribution in [0.2, 0.25) is 0 Å². The van der Waals surface area contributed by atoms with Crippen LogP contribution >= 0.6 is 0 Å². The van der Waals surface area contributed by atoms with Crippen LogP contribution in [0.1, 0.15) is 58.9 Å². The van der Waals surface area contributed by atoms with E-state index in [0.717, 1.165) is 31.9 Å². The minimum atomic E-state index is -0.973. The van der Waals surface area contributed by atoms with Crippen LogP contribution in [0.4, 0.5) is 15.0 Å². The van der Waals surface area contributed by atoms with Gasteiger partial charge < -0.3 is 20.5 Å². The highest BCUT2D eigenvalue weighted by Gasteiger charge is 2.35. The van der Waals surface area contributed by atoms with Crippen molar-refractivity contribution in [2.75, 3.05) is 5.32 Å². The van der Waals surface area contributed by atoms with Gasteiger partial charge in [-0.2, -0.15) is 0 Å². The van der Waals surface area contributed by atoms with E-state index < -0.39 is 36.1 Å². The fourth-order valence-electron chi connectivity index (χ4n) is 3.27. The SMILES string of the molecule is CC1CCC(C(OC(=O)NC(C)(C)C)C(=O)Nc2cc(CO)c(F)cn2)CC1. The average molecular weight is 395 g/mol. The smallest absolute Gasteiger partial charge is 0.408 e. The number of ether oxygens (including phenoxy) is 1. The number of nitrogens with zero attached hydrogens (tertiary/aromatic N) is 1. The molecular weight excluding hydrogens is 365 g/mol. The average Bonchev–Trinajstić information content (AvgIpc) is 2.60. The van der Waals surface area contributed by atoms with Gasteiger partial charge in [0.05, 0.1) is 12.8 Å². The van der Waals surface area contributed by atoms with Gasteiger partial charge in [-0.1, -0.05) is 19.8 Å². The Labute approximate surface area is 165 Å². The maximum Gasteiger partial charge on any atom is 0.408 e. The normalized spacial score (nSPS) is 20.9. The molecule has 0 aromatic carbocycles. The number of alkyl carbamates (subject to hydrolysis) is 1. The second kappa shape index (κ2) is 9.32. The summed E-state index contributed by atoms with van der Waals surface area (Å²) in [4.78, 5) is 29.0. The molecule has 1 aliphatic rings. The van der Waals surface area contributed by atoms with Crippen molar-refractivity contribution in [1.29, 1.82) is 0 Å². The Kier molecular flexibility index (Phi) is 7.35. The van der Waals surface area contributed by atoms with E-state index in [2.05, 4.69) is 22.5 Å². The Morgan fingerprint density at radius 1 is 1.32 bits per heavy atom. The molecule has 0 radical (unpaired) electrons. The third kappa shape index (κ3) is 6.44. The van der Waals surface area contributed by atoms with Gasteiger partial charge in [-0.05, 0) is 45.6 Å². The first kappa shape index (κ1) is 22.1. The molecule has 0 bridgehead atoms. The van der Waals surface area contributed by atoms with Crippen molar-refractivity contribution < 1.29 is 23.8 Å². The Morgan fingerprint density at radius 2 is 1.96 bits per heavy atom. The predicted molar refractivity (Wildman–Crippen MR) is 103 cm³/mol. The Balaban J connectivity index is 2.15. The summed E-state index contributed by atoms with van der Waals surface area (Å²) in [6.45, 7) is 7.13. The van der Waals surface area contributed by atoms with Gasteiger partial charge in [-0.15, -0.1) is 0 Å². The number of anilines is 1.